The van der Waals surface area contributed by atoms with E-state index in [0.717, 1.165) is 18.5 Å². The van der Waals surface area contributed by atoms with Crippen LogP contribution in [-0.4, -0.2) is 45.2 Å². The molecule has 0 aromatic heterocycles. The van der Waals surface area contributed by atoms with Crippen molar-refractivity contribution in [2.24, 2.45) is 0 Å². The maximum Gasteiger partial charge on any atom is 0.338 e. The summed E-state index contributed by atoms with van der Waals surface area (Å²) in [5.74, 6) is 0.215. The van der Waals surface area contributed by atoms with Crippen LogP contribution in [0.2, 0.25) is 5.02 Å². The standard InChI is InChI=1S/C14H20ClNO3/c1-10-12(15)8-11(14(17)18-4)9-13(10)19-7-5-6-16(2)3/h8-9H,5-7H2,1-4H3. The van der Waals surface area contributed by atoms with Crippen molar-refractivity contribution in [3.05, 3.63) is 28.3 Å². The van der Waals surface area contributed by atoms with Gasteiger partial charge in [0.2, 0.25) is 0 Å². The van der Waals surface area contributed by atoms with Gasteiger partial charge < -0.3 is 14.4 Å². The summed E-state index contributed by atoms with van der Waals surface area (Å²) in [7, 11) is 5.37. The van der Waals surface area contributed by atoms with E-state index in [9.17, 15) is 4.79 Å². The Hall–Kier alpha value is -1.26. The first-order chi connectivity index (χ1) is 8.95. The fourth-order valence-electron chi connectivity index (χ4n) is 1.60. The molecule has 19 heavy (non-hydrogen) atoms. The van der Waals surface area contributed by atoms with Crippen molar-refractivity contribution in [3.8, 4) is 5.75 Å². The van der Waals surface area contributed by atoms with E-state index in [0.29, 0.717) is 22.9 Å². The molecule has 0 amide bonds. The molecule has 0 N–H and O–H groups in total. The lowest BCUT2D eigenvalue weighted by atomic mass is 10.1. The largest absolute Gasteiger partial charge is 0.493 e. The number of carbonyl (C=O) groups is 1. The molecule has 0 saturated heterocycles. The van der Waals surface area contributed by atoms with E-state index >= 15 is 0 Å². The Kier molecular flexibility index (Phi) is 6.12. The minimum absolute atomic E-state index is 0.403. The van der Waals surface area contributed by atoms with Crippen LogP contribution < -0.4 is 4.74 Å². The number of rotatable bonds is 6. The Morgan fingerprint density at radius 2 is 2.05 bits per heavy atom. The van der Waals surface area contributed by atoms with E-state index in [-0.39, 0.29) is 0 Å². The SMILES string of the molecule is COC(=O)c1cc(Cl)c(C)c(OCCCN(C)C)c1. The van der Waals surface area contributed by atoms with Gasteiger partial charge in [-0.25, -0.2) is 4.79 Å². The molecule has 0 aliphatic heterocycles. The highest BCUT2D eigenvalue weighted by Crippen LogP contribution is 2.28. The van der Waals surface area contributed by atoms with Gasteiger partial charge in [0.25, 0.3) is 0 Å². The summed E-state index contributed by atoms with van der Waals surface area (Å²) in [6.45, 7) is 3.40. The first-order valence-electron chi connectivity index (χ1n) is 6.11. The molecule has 1 aromatic rings. The Balaban J connectivity index is 2.76. The molecule has 0 bridgehead atoms. The van der Waals surface area contributed by atoms with Crippen molar-refractivity contribution >= 4 is 17.6 Å². The zero-order valence-electron chi connectivity index (χ0n) is 11.8. The van der Waals surface area contributed by atoms with E-state index in [2.05, 4.69) is 9.64 Å². The molecule has 1 rings (SSSR count). The molecule has 0 spiro atoms. The monoisotopic (exact) mass is 285 g/mol. The number of carbonyl (C=O) groups excluding carboxylic acids is 1. The Labute approximate surface area is 119 Å². The second kappa shape index (κ2) is 7.36. The van der Waals surface area contributed by atoms with E-state index in [1.54, 1.807) is 12.1 Å². The molecule has 0 unspecified atom stereocenters. The molecule has 5 heteroatoms. The number of halogens is 1. The van der Waals surface area contributed by atoms with Gasteiger partial charge >= 0.3 is 5.97 Å². The highest BCUT2D eigenvalue weighted by Gasteiger charge is 2.12. The average molecular weight is 286 g/mol. The van der Waals surface area contributed by atoms with Gasteiger partial charge in [-0.1, -0.05) is 11.6 Å². The molecule has 0 saturated carbocycles. The van der Waals surface area contributed by atoms with Crippen LogP contribution in [0.15, 0.2) is 12.1 Å². The average Bonchev–Trinajstić information content (AvgIpc) is 2.37. The summed E-state index contributed by atoms with van der Waals surface area (Å²) in [6.07, 6.45) is 0.909. The minimum Gasteiger partial charge on any atom is -0.493 e. The molecular formula is C14H20ClNO3. The summed E-state index contributed by atoms with van der Waals surface area (Å²) in [4.78, 5) is 13.6. The molecule has 0 aliphatic carbocycles. The van der Waals surface area contributed by atoms with E-state index in [4.69, 9.17) is 16.3 Å². The smallest absolute Gasteiger partial charge is 0.338 e. The van der Waals surface area contributed by atoms with Gasteiger partial charge in [-0.05, 0) is 39.6 Å². The summed E-state index contributed by atoms with van der Waals surface area (Å²) in [5.41, 5.74) is 1.24. The Morgan fingerprint density at radius 1 is 1.37 bits per heavy atom. The van der Waals surface area contributed by atoms with Crippen LogP contribution in [0, 0.1) is 6.92 Å². The topological polar surface area (TPSA) is 38.8 Å². The zero-order valence-corrected chi connectivity index (χ0v) is 12.6. The number of hydrogen-bond donors (Lipinski definition) is 0. The lowest BCUT2D eigenvalue weighted by Crippen LogP contribution is -2.15. The molecule has 0 atom stereocenters. The summed E-state index contributed by atoms with van der Waals surface area (Å²) >= 11 is 6.09. The molecular weight excluding hydrogens is 266 g/mol. The molecule has 0 fully saturated rings. The number of nitrogens with zero attached hydrogens (tertiary/aromatic N) is 1. The number of ether oxygens (including phenoxy) is 2. The minimum atomic E-state index is -0.417. The first-order valence-corrected chi connectivity index (χ1v) is 6.49. The van der Waals surface area contributed by atoms with Crippen LogP contribution in [0.1, 0.15) is 22.3 Å². The van der Waals surface area contributed by atoms with Crippen molar-refractivity contribution in [2.45, 2.75) is 13.3 Å². The molecule has 0 radical (unpaired) electrons. The summed E-state index contributed by atoms with van der Waals surface area (Å²) < 4.78 is 10.4. The van der Waals surface area contributed by atoms with Gasteiger partial charge in [0.1, 0.15) is 5.75 Å². The van der Waals surface area contributed by atoms with Crippen LogP contribution >= 0.6 is 11.6 Å². The van der Waals surface area contributed by atoms with Crippen LogP contribution in [-0.2, 0) is 4.74 Å². The quantitative estimate of drug-likeness (QED) is 0.595. The van der Waals surface area contributed by atoms with Crippen molar-refractivity contribution in [1.29, 1.82) is 0 Å². The Morgan fingerprint density at radius 3 is 2.63 bits per heavy atom. The van der Waals surface area contributed by atoms with Gasteiger partial charge in [-0.15, -0.1) is 0 Å². The number of hydrogen-bond acceptors (Lipinski definition) is 4. The van der Waals surface area contributed by atoms with Crippen molar-refractivity contribution in [2.75, 3.05) is 34.4 Å². The fourth-order valence-corrected chi connectivity index (χ4v) is 1.81. The van der Waals surface area contributed by atoms with E-state index in [1.807, 2.05) is 21.0 Å². The molecule has 106 valence electrons. The third-order valence-corrected chi connectivity index (χ3v) is 3.12. The van der Waals surface area contributed by atoms with Gasteiger partial charge in [-0.3, -0.25) is 0 Å². The Bertz CT molecular complexity index is 447. The van der Waals surface area contributed by atoms with Crippen LogP contribution in [0.5, 0.6) is 5.75 Å². The third kappa shape index (κ3) is 4.73. The second-order valence-corrected chi connectivity index (χ2v) is 4.99. The van der Waals surface area contributed by atoms with Crippen molar-refractivity contribution in [1.82, 2.24) is 4.90 Å². The zero-order chi connectivity index (χ0) is 14.4. The van der Waals surface area contributed by atoms with Gasteiger partial charge in [0, 0.05) is 17.1 Å². The number of esters is 1. The van der Waals surface area contributed by atoms with Crippen molar-refractivity contribution < 1.29 is 14.3 Å². The second-order valence-electron chi connectivity index (χ2n) is 4.58. The highest BCUT2D eigenvalue weighted by atomic mass is 35.5. The summed E-state index contributed by atoms with van der Waals surface area (Å²) in [5, 5.41) is 0.505. The maximum absolute atomic E-state index is 11.5. The van der Waals surface area contributed by atoms with Crippen LogP contribution in [0.3, 0.4) is 0 Å². The van der Waals surface area contributed by atoms with Gasteiger partial charge in [0.15, 0.2) is 0 Å². The predicted octanol–water partition coefficient (Wildman–Crippen LogP) is 2.77. The van der Waals surface area contributed by atoms with Crippen molar-refractivity contribution in [3.63, 3.8) is 0 Å². The van der Waals surface area contributed by atoms with E-state index in [1.165, 1.54) is 7.11 Å². The summed E-state index contributed by atoms with van der Waals surface area (Å²) in [6, 6.07) is 3.26. The van der Waals surface area contributed by atoms with Gasteiger partial charge in [0.05, 0.1) is 19.3 Å². The lowest BCUT2D eigenvalue weighted by Gasteiger charge is -2.13. The lowest BCUT2D eigenvalue weighted by molar-refractivity contribution is 0.0600. The fraction of sp³-hybridized carbons (Fsp3) is 0.500. The van der Waals surface area contributed by atoms with E-state index < -0.39 is 5.97 Å². The van der Waals surface area contributed by atoms with Gasteiger partial charge in [-0.2, -0.15) is 0 Å². The number of benzene rings is 1. The highest BCUT2D eigenvalue weighted by molar-refractivity contribution is 6.31. The predicted molar refractivity (Wildman–Crippen MR) is 76.2 cm³/mol. The van der Waals surface area contributed by atoms with Crippen LogP contribution in [0.25, 0.3) is 0 Å². The third-order valence-electron chi connectivity index (χ3n) is 2.72. The molecule has 4 nitrogen and oxygen atoms in total. The normalized spacial score (nSPS) is 10.6. The molecule has 0 heterocycles. The molecule has 1 aromatic carbocycles. The number of methoxy groups -OCH3 is 1. The first kappa shape index (κ1) is 15.8. The molecule has 0 aliphatic rings. The van der Waals surface area contributed by atoms with Crippen LogP contribution in [0.4, 0.5) is 0 Å². The maximum atomic E-state index is 11.5.